The van der Waals surface area contributed by atoms with E-state index in [2.05, 4.69) is 6.92 Å². The fourth-order valence-electron chi connectivity index (χ4n) is 1.78. The van der Waals surface area contributed by atoms with Crippen LogP contribution in [0.5, 0.6) is 0 Å². The Labute approximate surface area is 107 Å². The minimum Gasteiger partial charge on any atom is -0.397 e. The summed E-state index contributed by atoms with van der Waals surface area (Å²) in [4.78, 5) is 12.9. The molecule has 0 saturated heterocycles. The van der Waals surface area contributed by atoms with E-state index in [1.807, 2.05) is 0 Å². The van der Waals surface area contributed by atoms with Gasteiger partial charge in [0.05, 0.1) is 17.9 Å². The van der Waals surface area contributed by atoms with Crippen molar-refractivity contribution in [3.63, 3.8) is 0 Å². The number of anilines is 2. The van der Waals surface area contributed by atoms with Crippen LogP contribution in [-0.2, 0) is 4.79 Å². The van der Waals surface area contributed by atoms with Crippen molar-refractivity contribution in [3.8, 4) is 0 Å². The lowest BCUT2D eigenvalue weighted by atomic mass is 10.1. The van der Waals surface area contributed by atoms with Gasteiger partial charge in [0.15, 0.2) is 0 Å². The maximum Gasteiger partial charge on any atom is 0.236 e. The first kappa shape index (κ1) is 14.3. The van der Waals surface area contributed by atoms with Crippen LogP contribution in [-0.4, -0.2) is 19.0 Å². The second kappa shape index (κ2) is 6.23. The molecule has 0 atom stereocenters. The molecule has 0 spiro atoms. The largest absolute Gasteiger partial charge is 0.397 e. The Bertz CT molecular complexity index is 434. The molecule has 0 bridgehead atoms. The molecule has 0 aliphatic rings. The number of hydrogen-bond acceptors (Lipinski definition) is 3. The van der Waals surface area contributed by atoms with E-state index in [1.165, 1.54) is 6.07 Å². The lowest BCUT2D eigenvalue weighted by Gasteiger charge is -2.25. The summed E-state index contributed by atoms with van der Waals surface area (Å²) in [6, 6.07) is 2.94. The summed E-state index contributed by atoms with van der Waals surface area (Å²) in [5, 5.41) is 0. The van der Waals surface area contributed by atoms with Crippen LogP contribution in [0.25, 0.3) is 0 Å². The zero-order valence-electron chi connectivity index (χ0n) is 10.9. The molecule has 1 aromatic carbocycles. The van der Waals surface area contributed by atoms with E-state index in [-0.39, 0.29) is 12.4 Å². The molecule has 4 N–H and O–H groups in total. The Hall–Kier alpha value is -1.78. The molecule has 18 heavy (non-hydrogen) atoms. The molecule has 5 heteroatoms. The van der Waals surface area contributed by atoms with Crippen LogP contribution in [0.1, 0.15) is 25.3 Å². The van der Waals surface area contributed by atoms with Gasteiger partial charge in [0.2, 0.25) is 5.91 Å². The van der Waals surface area contributed by atoms with Gasteiger partial charge in [-0.1, -0.05) is 13.3 Å². The van der Waals surface area contributed by atoms with Crippen molar-refractivity contribution in [2.45, 2.75) is 26.7 Å². The first-order valence-electron chi connectivity index (χ1n) is 6.04. The van der Waals surface area contributed by atoms with Gasteiger partial charge in [-0.3, -0.25) is 4.79 Å². The van der Waals surface area contributed by atoms with Crippen LogP contribution in [0.2, 0.25) is 0 Å². The summed E-state index contributed by atoms with van der Waals surface area (Å²) >= 11 is 0. The molecular weight excluding hydrogens is 233 g/mol. The molecule has 0 radical (unpaired) electrons. The van der Waals surface area contributed by atoms with E-state index in [0.29, 0.717) is 23.5 Å². The van der Waals surface area contributed by atoms with Crippen LogP contribution in [0.3, 0.4) is 0 Å². The first-order chi connectivity index (χ1) is 8.45. The van der Waals surface area contributed by atoms with Crippen molar-refractivity contribution in [1.82, 2.24) is 0 Å². The molecule has 1 aromatic rings. The zero-order valence-corrected chi connectivity index (χ0v) is 10.9. The maximum absolute atomic E-state index is 13.3. The van der Waals surface area contributed by atoms with Crippen molar-refractivity contribution >= 4 is 17.3 Å². The molecule has 0 heterocycles. The first-order valence-corrected chi connectivity index (χ1v) is 6.04. The monoisotopic (exact) mass is 253 g/mol. The van der Waals surface area contributed by atoms with Crippen molar-refractivity contribution in [3.05, 3.63) is 23.5 Å². The summed E-state index contributed by atoms with van der Waals surface area (Å²) in [6.07, 6.45) is 1.92. The quantitative estimate of drug-likeness (QED) is 0.759. The number of halogens is 1. The van der Waals surface area contributed by atoms with Crippen LogP contribution in [0.15, 0.2) is 12.1 Å². The normalized spacial score (nSPS) is 10.4. The SMILES string of the molecule is CCCCN(CC(N)=O)c1cc(C)c(F)cc1N. The lowest BCUT2D eigenvalue weighted by Crippen LogP contribution is -2.35. The van der Waals surface area contributed by atoms with Gasteiger partial charge in [-0.2, -0.15) is 0 Å². The number of carbonyl (C=O) groups excluding carboxylic acids is 1. The second-order valence-corrected chi connectivity index (χ2v) is 4.40. The minimum atomic E-state index is -0.424. The number of carbonyl (C=O) groups is 1. The smallest absolute Gasteiger partial charge is 0.236 e. The summed E-state index contributed by atoms with van der Waals surface area (Å²) in [7, 11) is 0. The number of nitrogens with zero attached hydrogens (tertiary/aromatic N) is 1. The lowest BCUT2D eigenvalue weighted by molar-refractivity contribution is -0.116. The third-order valence-corrected chi connectivity index (χ3v) is 2.78. The molecule has 0 aromatic heterocycles. The molecule has 0 fully saturated rings. The van der Waals surface area contributed by atoms with Gasteiger partial charge in [-0.05, 0) is 31.0 Å². The van der Waals surface area contributed by atoms with Gasteiger partial charge >= 0.3 is 0 Å². The number of amides is 1. The Morgan fingerprint density at radius 2 is 2.11 bits per heavy atom. The van der Waals surface area contributed by atoms with Gasteiger partial charge < -0.3 is 16.4 Å². The summed E-state index contributed by atoms with van der Waals surface area (Å²) in [5.41, 5.74) is 12.5. The van der Waals surface area contributed by atoms with Crippen molar-refractivity contribution in [1.29, 1.82) is 0 Å². The summed E-state index contributed by atoms with van der Waals surface area (Å²) < 4.78 is 13.3. The zero-order chi connectivity index (χ0) is 13.7. The predicted molar refractivity (Wildman–Crippen MR) is 71.9 cm³/mol. The summed E-state index contributed by atoms with van der Waals surface area (Å²) in [6.45, 7) is 4.49. The minimum absolute atomic E-state index is 0.0925. The number of primary amides is 1. The number of nitrogen functional groups attached to an aromatic ring is 1. The average molecular weight is 253 g/mol. The van der Waals surface area contributed by atoms with Crippen LogP contribution in [0.4, 0.5) is 15.8 Å². The van der Waals surface area contributed by atoms with Gasteiger partial charge in [0.25, 0.3) is 0 Å². The summed E-state index contributed by atoms with van der Waals surface area (Å²) in [5.74, 6) is -0.766. The highest BCUT2D eigenvalue weighted by atomic mass is 19.1. The van der Waals surface area contributed by atoms with Gasteiger partial charge in [0.1, 0.15) is 5.82 Å². The number of nitrogens with two attached hydrogens (primary N) is 2. The Morgan fingerprint density at radius 3 is 2.67 bits per heavy atom. The number of benzene rings is 1. The highest BCUT2D eigenvalue weighted by Crippen LogP contribution is 2.26. The fraction of sp³-hybridized carbons (Fsp3) is 0.462. The topological polar surface area (TPSA) is 72.3 Å². The van der Waals surface area contributed by atoms with E-state index in [1.54, 1.807) is 17.9 Å². The van der Waals surface area contributed by atoms with Crippen molar-refractivity contribution in [2.24, 2.45) is 5.73 Å². The number of rotatable bonds is 6. The number of hydrogen-bond donors (Lipinski definition) is 2. The van der Waals surface area contributed by atoms with E-state index in [4.69, 9.17) is 11.5 Å². The van der Waals surface area contributed by atoms with Crippen molar-refractivity contribution < 1.29 is 9.18 Å². The molecular formula is C13H20FN3O. The highest BCUT2D eigenvalue weighted by molar-refractivity contribution is 5.81. The number of aryl methyl sites for hydroxylation is 1. The molecule has 4 nitrogen and oxygen atoms in total. The fourth-order valence-corrected chi connectivity index (χ4v) is 1.78. The third kappa shape index (κ3) is 3.61. The van der Waals surface area contributed by atoms with Gasteiger partial charge in [0, 0.05) is 6.54 Å². The highest BCUT2D eigenvalue weighted by Gasteiger charge is 2.14. The average Bonchev–Trinajstić information content (AvgIpc) is 2.29. The number of unbranched alkanes of at least 4 members (excludes halogenated alkanes) is 1. The van der Waals surface area contributed by atoms with Crippen LogP contribution < -0.4 is 16.4 Å². The van der Waals surface area contributed by atoms with Gasteiger partial charge in [-0.15, -0.1) is 0 Å². The molecule has 0 aliphatic heterocycles. The van der Waals surface area contributed by atoms with Gasteiger partial charge in [-0.25, -0.2) is 4.39 Å². The molecule has 100 valence electrons. The van der Waals surface area contributed by atoms with E-state index in [0.717, 1.165) is 12.8 Å². The molecule has 1 amide bonds. The van der Waals surface area contributed by atoms with Crippen LogP contribution in [0, 0.1) is 12.7 Å². The van der Waals surface area contributed by atoms with E-state index in [9.17, 15) is 9.18 Å². The molecule has 0 aliphatic carbocycles. The Kier molecular flexibility index (Phi) is 4.95. The second-order valence-electron chi connectivity index (χ2n) is 4.40. The van der Waals surface area contributed by atoms with Crippen molar-refractivity contribution in [2.75, 3.05) is 23.7 Å². The van der Waals surface area contributed by atoms with Crippen LogP contribution >= 0.6 is 0 Å². The third-order valence-electron chi connectivity index (χ3n) is 2.78. The predicted octanol–water partition coefficient (Wildman–Crippen LogP) is 1.81. The molecule has 1 rings (SSSR count). The molecule has 0 unspecified atom stereocenters. The standard InChI is InChI=1S/C13H20FN3O/c1-3-4-5-17(8-13(16)18)12-6-9(2)10(14)7-11(12)15/h6-7H,3-5,8,15H2,1-2H3,(H2,16,18). The van der Waals surface area contributed by atoms with E-state index < -0.39 is 5.91 Å². The van der Waals surface area contributed by atoms with E-state index >= 15 is 0 Å². The maximum atomic E-state index is 13.3. The Morgan fingerprint density at radius 1 is 1.44 bits per heavy atom. The Balaban J connectivity index is 3.03. The molecule has 0 saturated carbocycles.